The number of nitrogens with zero attached hydrogens (tertiary/aromatic N) is 2. The third-order valence-electron chi connectivity index (χ3n) is 2.53. The zero-order chi connectivity index (χ0) is 12.4. The maximum absolute atomic E-state index is 11.6. The minimum atomic E-state index is -0.400. The molecule has 0 radical (unpaired) electrons. The number of esters is 1. The average Bonchev–Trinajstić information content (AvgIpc) is 2.67. The molecule has 0 saturated carbocycles. The topological polar surface area (TPSA) is 44.1 Å². The van der Waals surface area contributed by atoms with Crippen LogP contribution in [0.15, 0.2) is 22.7 Å². The van der Waals surface area contributed by atoms with Crippen molar-refractivity contribution in [3.63, 3.8) is 0 Å². The fraction of sp³-hybridized carbons (Fsp3) is 0.333. The molecule has 0 N–H and O–H groups in total. The van der Waals surface area contributed by atoms with E-state index in [0.717, 1.165) is 28.3 Å². The van der Waals surface area contributed by atoms with Crippen LogP contribution < -0.4 is 0 Å². The Balaban J connectivity index is 2.66. The Morgan fingerprint density at radius 3 is 2.94 bits per heavy atom. The van der Waals surface area contributed by atoms with Gasteiger partial charge in [0.15, 0.2) is 5.69 Å². The van der Waals surface area contributed by atoms with Crippen molar-refractivity contribution >= 4 is 32.8 Å². The van der Waals surface area contributed by atoms with Gasteiger partial charge in [-0.2, -0.15) is 5.10 Å². The molecular weight excluding hydrogens is 284 g/mol. The molecule has 1 aromatic heterocycles. The van der Waals surface area contributed by atoms with E-state index < -0.39 is 5.97 Å². The molecule has 0 aliphatic heterocycles. The van der Waals surface area contributed by atoms with Crippen molar-refractivity contribution in [2.24, 2.45) is 0 Å². The summed E-state index contributed by atoms with van der Waals surface area (Å²) in [5.41, 5.74) is 1.33. The van der Waals surface area contributed by atoms with Crippen LogP contribution in [0.4, 0.5) is 0 Å². The van der Waals surface area contributed by atoms with E-state index in [2.05, 4.69) is 28.0 Å². The maximum atomic E-state index is 11.6. The lowest BCUT2D eigenvalue weighted by atomic mass is 10.2. The van der Waals surface area contributed by atoms with E-state index in [1.165, 1.54) is 7.11 Å². The van der Waals surface area contributed by atoms with E-state index in [1.807, 2.05) is 22.9 Å². The van der Waals surface area contributed by atoms with Gasteiger partial charge in [-0.1, -0.05) is 22.9 Å². The summed E-state index contributed by atoms with van der Waals surface area (Å²) in [6, 6.07) is 5.78. The van der Waals surface area contributed by atoms with E-state index in [9.17, 15) is 4.79 Å². The van der Waals surface area contributed by atoms with Gasteiger partial charge in [0, 0.05) is 16.4 Å². The molecule has 0 amide bonds. The Hall–Kier alpha value is -1.36. The smallest absolute Gasteiger partial charge is 0.359 e. The zero-order valence-electron chi connectivity index (χ0n) is 9.74. The van der Waals surface area contributed by atoms with Gasteiger partial charge < -0.3 is 4.74 Å². The summed E-state index contributed by atoms with van der Waals surface area (Å²) in [4.78, 5) is 11.6. The Morgan fingerprint density at radius 2 is 2.29 bits per heavy atom. The molecule has 0 aliphatic carbocycles. The van der Waals surface area contributed by atoms with Crippen molar-refractivity contribution in [1.29, 1.82) is 0 Å². The molecule has 1 aromatic carbocycles. The molecule has 90 valence electrons. The van der Waals surface area contributed by atoms with Gasteiger partial charge >= 0.3 is 5.97 Å². The summed E-state index contributed by atoms with van der Waals surface area (Å²) in [6.45, 7) is 2.86. The highest BCUT2D eigenvalue weighted by Gasteiger charge is 2.17. The predicted octanol–water partition coefficient (Wildman–Crippen LogP) is 3.00. The average molecular weight is 297 g/mol. The van der Waals surface area contributed by atoms with Crippen LogP contribution in [0.5, 0.6) is 0 Å². The molecule has 2 rings (SSSR count). The Labute approximate surface area is 108 Å². The van der Waals surface area contributed by atoms with Gasteiger partial charge in [0.05, 0.1) is 12.6 Å². The van der Waals surface area contributed by atoms with Crippen LogP contribution in [-0.4, -0.2) is 22.9 Å². The molecule has 17 heavy (non-hydrogen) atoms. The van der Waals surface area contributed by atoms with Crippen molar-refractivity contribution < 1.29 is 9.53 Å². The highest BCUT2D eigenvalue weighted by Crippen LogP contribution is 2.23. The minimum Gasteiger partial charge on any atom is -0.464 e. The number of carbonyl (C=O) groups excluding carboxylic acids is 1. The number of rotatable bonds is 3. The molecule has 0 saturated heterocycles. The van der Waals surface area contributed by atoms with Crippen LogP contribution in [-0.2, 0) is 11.3 Å². The van der Waals surface area contributed by atoms with Crippen molar-refractivity contribution in [3.05, 3.63) is 28.4 Å². The van der Waals surface area contributed by atoms with Gasteiger partial charge in [-0.15, -0.1) is 0 Å². The number of benzene rings is 1. The number of ether oxygens (including phenoxy) is 1. The largest absolute Gasteiger partial charge is 0.464 e. The van der Waals surface area contributed by atoms with Crippen LogP contribution in [0.25, 0.3) is 10.9 Å². The highest BCUT2D eigenvalue weighted by molar-refractivity contribution is 9.10. The van der Waals surface area contributed by atoms with Crippen LogP contribution in [0.3, 0.4) is 0 Å². The van der Waals surface area contributed by atoms with Gasteiger partial charge in [-0.3, -0.25) is 4.68 Å². The third-order valence-corrected chi connectivity index (χ3v) is 3.02. The number of methoxy groups -OCH3 is 1. The number of halogens is 1. The Morgan fingerprint density at radius 1 is 1.53 bits per heavy atom. The molecule has 0 bridgehead atoms. The standard InChI is InChI=1S/C12H13BrN2O2/c1-3-6-15-10-5-4-8(13)7-9(10)11(14-15)12(16)17-2/h4-5,7H,3,6H2,1-2H3. The van der Waals surface area contributed by atoms with Crippen LogP contribution in [0.2, 0.25) is 0 Å². The number of hydrogen-bond donors (Lipinski definition) is 0. The van der Waals surface area contributed by atoms with E-state index in [1.54, 1.807) is 0 Å². The summed E-state index contributed by atoms with van der Waals surface area (Å²) < 4.78 is 7.51. The summed E-state index contributed by atoms with van der Waals surface area (Å²) in [7, 11) is 1.37. The van der Waals surface area contributed by atoms with E-state index >= 15 is 0 Å². The van der Waals surface area contributed by atoms with Gasteiger partial charge in [0.1, 0.15) is 0 Å². The molecule has 0 unspecified atom stereocenters. The fourth-order valence-corrected chi connectivity index (χ4v) is 2.14. The predicted molar refractivity (Wildman–Crippen MR) is 69.1 cm³/mol. The minimum absolute atomic E-state index is 0.372. The molecule has 2 aromatic rings. The number of carbonyl (C=O) groups is 1. The quantitative estimate of drug-likeness (QED) is 0.818. The van der Waals surface area contributed by atoms with Crippen molar-refractivity contribution in [2.45, 2.75) is 19.9 Å². The monoisotopic (exact) mass is 296 g/mol. The zero-order valence-corrected chi connectivity index (χ0v) is 11.3. The Kier molecular flexibility index (Phi) is 3.47. The van der Waals surface area contributed by atoms with Crippen molar-refractivity contribution in [2.75, 3.05) is 7.11 Å². The van der Waals surface area contributed by atoms with E-state index in [4.69, 9.17) is 4.74 Å². The number of aromatic nitrogens is 2. The summed E-state index contributed by atoms with van der Waals surface area (Å²) >= 11 is 3.40. The first-order valence-corrected chi connectivity index (χ1v) is 6.21. The second-order valence-corrected chi connectivity index (χ2v) is 4.64. The molecule has 1 heterocycles. The van der Waals surface area contributed by atoms with Gasteiger partial charge in [0.25, 0.3) is 0 Å². The third kappa shape index (κ3) is 2.20. The van der Waals surface area contributed by atoms with Crippen LogP contribution in [0.1, 0.15) is 23.8 Å². The molecular formula is C12H13BrN2O2. The lowest BCUT2D eigenvalue weighted by Gasteiger charge is -1.99. The van der Waals surface area contributed by atoms with E-state index in [0.29, 0.717) is 5.69 Å². The van der Waals surface area contributed by atoms with Crippen LogP contribution >= 0.6 is 15.9 Å². The summed E-state index contributed by atoms with van der Waals surface area (Å²) in [5.74, 6) is -0.400. The first kappa shape index (κ1) is 12.1. The summed E-state index contributed by atoms with van der Waals surface area (Å²) in [5, 5.41) is 5.13. The van der Waals surface area contributed by atoms with Gasteiger partial charge in [-0.05, 0) is 24.6 Å². The molecule has 0 fully saturated rings. The molecule has 4 nitrogen and oxygen atoms in total. The SMILES string of the molecule is CCCn1nc(C(=O)OC)c2cc(Br)ccc21. The second-order valence-electron chi connectivity index (χ2n) is 3.72. The van der Waals surface area contributed by atoms with Crippen LogP contribution in [0, 0.1) is 0 Å². The molecule has 5 heteroatoms. The molecule has 0 atom stereocenters. The number of aryl methyl sites for hydroxylation is 1. The lowest BCUT2D eigenvalue weighted by Crippen LogP contribution is -2.05. The number of fused-ring (bicyclic) bond motifs is 1. The first-order chi connectivity index (χ1) is 8.17. The molecule has 0 aliphatic rings. The first-order valence-electron chi connectivity index (χ1n) is 5.41. The molecule has 0 spiro atoms. The number of hydrogen-bond acceptors (Lipinski definition) is 3. The normalized spacial score (nSPS) is 10.8. The van der Waals surface area contributed by atoms with Crippen molar-refractivity contribution in [1.82, 2.24) is 9.78 Å². The fourth-order valence-electron chi connectivity index (χ4n) is 1.78. The van der Waals surface area contributed by atoms with E-state index in [-0.39, 0.29) is 0 Å². The lowest BCUT2D eigenvalue weighted by molar-refractivity contribution is 0.0595. The van der Waals surface area contributed by atoms with Crippen molar-refractivity contribution in [3.8, 4) is 0 Å². The van der Waals surface area contributed by atoms with Gasteiger partial charge in [0.2, 0.25) is 0 Å². The Bertz CT molecular complexity index is 563. The highest BCUT2D eigenvalue weighted by atomic mass is 79.9. The second kappa shape index (κ2) is 4.87. The van der Waals surface area contributed by atoms with Gasteiger partial charge in [-0.25, -0.2) is 4.79 Å². The summed E-state index contributed by atoms with van der Waals surface area (Å²) in [6.07, 6.45) is 0.966. The maximum Gasteiger partial charge on any atom is 0.359 e.